The van der Waals surface area contributed by atoms with Crippen LogP contribution < -0.4 is 0 Å². The largest absolute Gasteiger partial charge is 0.416 e. The van der Waals surface area contributed by atoms with Gasteiger partial charge in [0.1, 0.15) is 0 Å². The molecule has 25 heavy (non-hydrogen) atoms. The molecule has 0 unspecified atom stereocenters. The van der Waals surface area contributed by atoms with E-state index in [2.05, 4.69) is 9.55 Å². The second-order valence-corrected chi connectivity index (χ2v) is 9.46. The van der Waals surface area contributed by atoms with E-state index in [9.17, 15) is 13.2 Å². The first-order chi connectivity index (χ1) is 12.0. The van der Waals surface area contributed by atoms with Crippen LogP contribution in [-0.2, 0) is 19.1 Å². The van der Waals surface area contributed by atoms with Crippen molar-refractivity contribution in [3.63, 3.8) is 0 Å². The number of thioether (sulfide) groups is 2. The molecule has 0 amide bonds. The highest BCUT2D eigenvalue weighted by molar-refractivity contribution is 8.18. The molecule has 1 aromatic carbocycles. The van der Waals surface area contributed by atoms with E-state index < -0.39 is 11.7 Å². The maximum absolute atomic E-state index is 12.6. The van der Waals surface area contributed by atoms with Crippen LogP contribution in [-0.4, -0.2) is 25.1 Å². The highest BCUT2D eigenvalue weighted by atomic mass is 32.2. The number of benzene rings is 1. The van der Waals surface area contributed by atoms with Crippen LogP contribution in [0.3, 0.4) is 0 Å². The fraction of sp³-hybridized carbons (Fsp3) is 0.500. The standard InChI is InChI=1S/C18H21F3N2S2/c19-18(20,21)16-6-4-15(5-7-16)3-1-8-17(24-11-2-12-25-17)13-23-10-9-22-14-23/h4-7,9-10,14H,1-3,8,11-13H2. The number of halogens is 3. The number of rotatable bonds is 6. The van der Waals surface area contributed by atoms with Crippen LogP contribution in [0.15, 0.2) is 43.0 Å². The minimum atomic E-state index is -4.26. The monoisotopic (exact) mass is 386 g/mol. The number of aryl methyl sites for hydroxylation is 1. The van der Waals surface area contributed by atoms with Gasteiger partial charge in [-0.05, 0) is 54.9 Å². The summed E-state index contributed by atoms with van der Waals surface area (Å²) in [5.41, 5.74) is 0.391. The number of aromatic nitrogens is 2. The second-order valence-electron chi connectivity index (χ2n) is 6.24. The third kappa shape index (κ3) is 5.20. The highest BCUT2D eigenvalue weighted by Gasteiger charge is 2.34. The number of nitrogens with zero attached hydrogens (tertiary/aromatic N) is 2. The van der Waals surface area contributed by atoms with Gasteiger partial charge in [0.25, 0.3) is 0 Å². The molecule has 1 aromatic heterocycles. The van der Waals surface area contributed by atoms with Crippen LogP contribution in [0.1, 0.15) is 30.4 Å². The summed E-state index contributed by atoms with van der Waals surface area (Å²) in [5.74, 6) is 2.34. The van der Waals surface area contributed by atoms with E-state index in [1.807, 2.05) is 36.0 Å². The zero-order chi connectivity index (χ0) is 17.8. The van der Waals surface area contributed by atoms with E-state index in [0.717, 1.165) is 31.4 Å². The molecule has 2 nitrogen and oxygen atoms in total. The predicted octanol–water partition coefficient (Wildman–Crippen LogP) is 5.49. The third-order valence-corrected chi connectivity index (χ3v) is 7.72. The highest BCUT2D eigenvalue weighted by Crippen LogP contribution is 2.47. The van der Waals surface area contributed by atoms with Crippen LogP contribution in [0.2, 0.25) is 0 Å². The minimum Gasteiger partial charge on any atom is -0.335 e. The molecular weight excluding hydrogens is 365 g/mol. The van der Waals surface area contributed by atoms with Crippen LogP contribution >= 0.6 is 23.5 Å². The summed E-state index contributed by atoms with van der Waals surface area (Å²) in [5, 5.41) is 0. The van der Waals surface area contributed by atoms with Gasteiger partial charge in [-0.2, -0.15) is 13.2 Å². The Balaban J connectivity index is 1.58. The number of hydrogen-bond donors (Lipinski definition) is 0. The fourth-order valence-corrected chi connectivity index (χ4v) is 6.41. The Kier molecular flexibility index (Phi) is 6.04. The Morgan fingerprint density at radius 3 is 2.44 bits per heavy atom. The maximum Gasteiger partial charge on any atom is 0.416 e. The molecule has 2 aromatic rings. The van der Waals surface area contributed by atoms with E-state index in [4.69, 9.17) is 0 Å². The van der Waals surface area contributed by atoms with Gasteiger partial charge in [0.2, 0.25) is 0 Å². The van der Waals surface area contributed by atoms with Crippen molar-refractivity contribution in [2.75, 3.05) is 11.5 Å². The van der Waals surface area contributed by atoms with Crippen molar-refractivity contribution in [1.29, 1.82) is 0 Å². The SMILES string of the molecule is FC(F)(F)c1ccc(CCCC2(Cn3ccnc3)SCCCS2)cc1. The van der Waals surface area contributed by atoms with Gasteiger partial charge >= 0.3 is 6.18 Å². The van der Waals surface area contributed by atoms with Crippen molar-refractivity contribution in [2.24, 2.45) is 0 Å². The predicted molar refractivity (Wildman–Crippen MR) is 98.9 cm³/mol. The molecule has 1 aliphatic heterocycles. The van der Waals surface area contributed by atoms with Crippen LogP contribution in [0, 0.1) is 0 Å². The molecule has 0 spiro atoms. The molecule has 0 saturated carbocycles. The molecule has 0 radical (unpaired) electrons. The van der Waals surface area contributed by atoms with E-state index >= 15 is 0 Å². The topological polar surface area (TPSA) is 17.8 Å². The number of hydrogen-bond acceptors (Lipinski definition) is 3. The van der Waals surface area contributed by atoms with Crippen molar-refractivity contribution in [1.82, 2.24) is 9.55 Å². The van der Waals surface area contributed by atoms with E-state index in [-0.39, 0.29) is 4.08 Å². The minimum absolute atomic E-state index is 0.144. The first kappa shape index (κ1) is 18.7. The summed E-state index contributed by atoms with van der Waals surface area (Å²) in [7, 11) is 0. The molecule has 0 atom stereocenters. The van der Waals surface area contributed by atoms with E-state index in [0.29, 0.717) is 0 Å². The van der Waals surface area contributed by atoms with Crippen LogP contribution in [0.5, 0.6) is 0 Å². The summed E-state index contributed by atoms with van der Waals surface area (Å²) in [6.45, 7) is 0.926. The Labute approximate surface area is 154 Å². The lowest BCUT2D eigenvalue weighted by atomic mass is 10.0. The van der Waals surface area contributed by atoms with Gasteiger partial charge in [-0.15, -0.1) is 23.5 Å². The van der Waals surface area contributed by atoms with Gasteiger partial charge in [-0.3, -0.25) is 0 Å². The average Bonchev–Trinajstić information content (AvgIpc) is 3.08. The average molecular weight is 387 g/mol. The Bertz CT molecular complexity index is 648. The van der Waals surface area contributed by atoms with E-state index in [1.54, 1.807) is 18.3 Å². The van der Waals surface area contributed by atoms with Gasteiger partial charge < -0.3 is 4.57 Å². The molecule has 1 fully saturated rings. The molecule has 7 heteroatoms. The molecule has 1 saturated heterocycles. The van der Waals surface area contributed by atoms with Crippen molar-refractivity contribution in [3.05, 3.63) is 54.1 Å². The van der Waals surface area contributed by atoms with Gasteiger partial charge in [-0.1, -0.05) is 12.1 Å². The fourth-order valence-electron chi connectivity index (χ4n) is 3.01. The number of imidazole rings is 1. The van der Waals surface area contributed by atoms with Crippen molar-refractivity contribution in [3.8, 4) is 0 Å². The van der Waals surface area contributed by atoms with Gasteiger partial charge in [0, 0.05) is 18.9 Å². The lowest BCUT2D eigenvalue weighted by Crippen LogP contribution is -2.30. The van der Waals surface area contributed by atoms with E-state index in [1.165, 1.54) is 30.1 Å². The van der Waals surface area contributed by atoms with Gasteiger partial charge in [0.15, 0.2) is 0 Å². The molecule has 2 heterocycles. The third-order valence-electron chi connectivity index (χ3n) is 4.31. The Morgan fingerprint density at radius 1 is 1.12 bits per heavy atom. The first-order valence-corrected chi connectivity index (χ1v) is 10.3. The van der Waals surface area contributed by atoms with Crippen molar-refractivity contribution >= 4 is 23.5 Å². The smallest absolute Gasteiger partial charge is 0.335 e. The number of alkyl halides is 3. The Morgan fingerprint density at radius 2 is 1.84 bits per heavy atom. The van der Waals surface area contributed by atoms with Crippen molar-refractivity contribution < 1.29 is 13.2 Å². The molecule has 3 rings (SSSR count). The molecule has 0 bridgehead atoms. The second kappa shape index (κ2) is 8.08. The summed E-state index contributed by atoms with van der Waals surface area (Å²) in [6.07, 6.45) is 5.45. The molecule has 0 N–H and O–H groups in total. The molecular formula is C18H21F3N2S2. The first-order valence-electron chi connectivity index (χ1n) is 8.37. The van der Waals surface area contributed by atoms with Crippen molar-refractivity contribution in [2.45, 2.75) is 42.5 Å². The quantitative estimate of drug-likeness (QED) is 0.654. The molecule has 0 aliphatic carbocycles. The summed E-state index contributed by atoms with van der Waals surface area (Å²) in [6, 6.07) is 5.57. The summed E-state index contributed by atoms with van der Waals surface area (Å²) < 4.78 is 40.2. The molecule has 1 aliphatic rings. The maximum atomic E-state index is 12.6. The summed E-state index contributed by atoms with van der Waals surface area (Å²) >= 11 is 4.03. The zero-order valence-electron chi connectivity index (χ0n) is 13.8. The summed E-state index contributed by atoms with van der Waals surface area (Å²) in [4.78, 5) is 4.13. The van der Waals surface area contributed by atoms with Crippen LogP contribution in [0.4, 0.5) is 13.2 Å². The van der Waals surface area contributed by atoms with Gasteiger partial charge in [0.05, 0.1) is 16.0 Å². The lowest BCUT2D eigenvalue weighted by Gasteiger charge is -2.36. The zero-order valence-corrected chi connectivity index (χ0v) is 15.5. The lowest BCUT2D eigenvalue weighted by molar-refractivity contribution is -0.137. The Hall–Kier alpha value is -1.08. The van der Waals surface area contributed by atoms with Gasteiger partial charge in [-0.25, -0.2) is 4.98 Å². The molecule has 136 valence electrons. The van der Waals surface area contributed by atoms with Crippen LogP contribution in [0.25, 0.3) is 0 Å². The normalized spacial score (nSPS) is 17.6.